The SMILES string of the molecule is NCCCCOc1ccc(CC(NC(=O)OCc2ccccc2)C(=O)O)cc1. The second-order valence-corrected chi connectivity index (χ2v) is 6.29. The number of ether oxygens (including phenoxy) is 2. The molecule has 0 radical (unpaired) electrons. The van der Waals surface area contributed by atoms with E-state index in [0.29, 0.717) is 18.9 Å². The Hall–Kier alpha value is -3.06. The highest BCUT2D eigenvalue weighted by Gasteiger charge is 2.21. The predicted molar refractivity (Wildman–Crippen MR) is 105 cm³/mol. The summed E-state index contributed by atoms with van der Waals surface area (Å²) in [7, 11) is 0. The van der Waals surface area contributed by atoms with Crippen LogP contribution in [0.15, 0.2) is 54.6 Å². The number of benzene rings is 2. The molecule has 2 aromatic carbocycles. The van der Waals surface area contributed by atoms with Gasteiger partial charge in [-0.15, -0.1) is 0 Å². The maximum Gasteiger partial charge on any atom is 0.408 e. The topological polar surface area (TPSA) is 111 Å². The molecular formula is C21H26N2O5. The Bertz CT molecular complexity index is 734. The number of carboxylic acid groups (broad SMARTS) is 1. The minimum absolute atomic E-state index is 0.0786. The summed E-state index contributed by atoms with van der Waals surface area (Å²) >= 11 is 0. The third kappa shape index (κ3) is 7.67. The van der Waals surface area contributed by atoms with Gasteiger partial charge in [-0.3, -0.25) is 0 Å². The summed E-state index contributed by atoms with van der Waals surface area (Å²) in [4.78, 5) is 23.4. The average Bonchev–Trinajstić information content (AvgIpc) is 2.71. The van der Waals surface area contributed by atoms with Crippen molar-refractivity contribution in [1.29, 1.82) is 0 Å². The lowest BCUT2D eigenvalue weighted by Gasteiger charge is -2.15. The number of alkyl carbamates (subject to hydrolysis) is 1. The summed E-state index contributed by atoms with van der Waals surface area (Å²) in [6.45, 7) is 1.30. The van der Waals surface area contributed by atoms with Crippen molar-refractivity contribution in [1.82, 2.24) is 5.32 Å². The fourth-order valence-electron chi connectivity index (χ4n) is 2.50. The molecule has 0 aliphatic rings. The molecule has 0 aliphatic heterocycles. The van der Waals surface area contributed by atoms with Crippen LogP contribution in [-0.2, 0) is 22.6 Å². The van der Waals surface area contributed by atoms with Gasteiger partial charge in [0.25, 0.3) is 0 Å². The van der Waals surface area contributed by atoms with Crippen molar-refractivity contribution in [2.45, 2.75) is 31.9 Å². The van der Waals surface area contributed by atoms with Gasteiger partial charge in [-0.2, -0.15) is 0 Å². The fraction of sp³-hybridized carbons (Fsp3) is 0.333. The molecule has 0 saturated carbocycles. The smallest absolute Gasteiger partial charge is 0.408 e. The Morgan fingerprint density at radius 3 is 2.36 bits per heavy atom. The maximum absolute atomic E-state index is 11.9. The first kappa shape index (κ1) is 21.2. The number of carbonyl (C=O) groups is 2. The van der Waals surface area contributed by atoms with E-state index in [1.165, 1.54) is 0 Å². The summed E-state index contributed by atoms with van der Waals surface area (Å²) in [5, 5.41) is 11.8. The molecule has 1 amide bonds. The van der Waals surface area contributed by atoms with Crippen LogP contribution >= 0.6 is 0 Å². The van der Waals surface area contributed by atoms with Crippen molar-refractivity contribution in [3.05, 3.63) is 65.7 Å². The molecule has 0 spiro atoms. The lowest BCUT2D eigenvalue weighted by Crippen LogP contribution is -2.42. The Morgan fingerprint density at radius 1 is 1.00 bits per heavy atom. The van der Waals surface area contributed by atoms with Gasteiger partial charge in [-0.05, 0) is 42.6 Å². The largest absolute Gasteiger partial charge is 0.494 e. The summed E-state index contributed by atoms with van der Waals surface area (Å²) in [6, 6.07) is 15.2. The maximum atomic E-state index is 11.9. The highest BCUT2D eigenvalue weighted by Crippen LogP contribution is 2.14. The summed E-state index contributed by atoms with van der Waals surface area (Å²) in [6.07, 6.45) is 1.17. The molecule has 0 saturated heterocycles. The second-order valence-electron chi connectivity index (χ2n) is 6.29. The zero-order valence-corrected chi connectivity index (χ0v) is 15.7. The standard InChI is InChI=1S/C21H26N2O5/c22-12-4-5-13-27-18-10-8-16(9-11-18)14-19(20(24)25)23-21(26)28-15-17-6-2-1-3-7-17/h1-3,6-11,19H,4-5,12-15,22H2,(H,23,26)(H,24,25). The molecule has 0 aliphatic carbocycles. The molecule has 7 heteroatoms. The van der Waals surface area contributed by atoms with Crippen molar-refractivity contribution in [3.63, 3.8) is 0 Å². The van der Waals surface area contributed by atoms with Crippen LogP contribution in [0, 0.1) is 0 Å². The number of aliphatic carboxylic acids is 1. The van der Waals surface area contributed by atoms with Gasteiger partial charge in [-0.25, -0.2) is 9.59 Å². The Morgan fingerprint density at radius 2 is 1.71 bits per heavy atom. The van der Waals surface area contributed by atoms with E-state index in [0.717, 1.165) is 24.0 Å². The van der Waals surface area contributed by atoms with Gasteiger partial charge in [0, 0.05) is 6.42 Å². The molecule has 0 aromatic heterocycles. The van der Waals surface area contributed by atoms with Crippen molar-refractivity contribution >= 4 is 12.1 Å². The normalized spacial score (nSPS) is 11.5. The van der Waals surface area contributed by atoms with E-state index in [2.05, 4.69) is 5.32 Å². The van der Waals surface area contributed by atoms with Crippen LogP contribution in [0.2, 0.25) is 0 Å². The van der Waals surface area contributed by atoms with Crippen molar-refractivity contribution < 1.29 is 24.2 Å². The van der Waals surface area contributed by atoms with E-state index in [9.17, 15) is 14.7 Å². The van der Waals surface area contributed by atoms with Gasteiger partial charge in [0.2, 0.25) is 0 Å². The number of amides is 1. The number of carboxylic acids is 1. The Balaban J connectivity index is 1.82. The van der Waals surface area contributed by atoms with Crippen molar-refractivity contribution in [2.75, 3.05) is 13.2 Å². The number of rotatable bonds is 11. The van der Waals surface area contributed by atoms with Crippen LogP contribution < -0.4 is 15.8 Å². The minimum Gasteiger partial charge on any atom is -0.494 e. The molecule has 7 nitrogen and oxygen atoms in total. The van der Waals surface area contributed by atoms with Crippen molar-refractivity contribution in [2.24, 2.45) is 5.73 Å². The zero-order valence-electron chi connectivity index (χ0n) is 15.7. The van der Waals surface area contributed by atoms with Gasteiger partial charge in [-0.1, -0.05) is 42.5 Å². The van der Waals surface area contributed by atoms with E-state index >= 15 is 0 Å². The van der Waals surface area contributed by atoms with Gasteiger partial charge in [0.05, 0.1) is 6.61 Å². The molecule has 1 atom stereocenters. The molecule has 0 bridgehead atoms. The highest BCUT2D eigenvalue weighted by molar-refractivity contribution is 5.80. The quantitative estimate of drug-likeness (QED) is 0.512. The Labute approximate surface area is 164 Å². The van der Waals surface area contributed by atoms with Crippen LogP contribution in [0.4, 0.5) is 4.79 Å². The van der Waals surface area contributed by atoms with E-state index in [-0.39, 0.29) is 13.0 Å². The van der Waals surface area contributed by atoms with E-state index in [1.54, 1.807) is 24.3 Å². The molecule has 2 rings (SSSR count). The molecule has 1 unspecified atom stereocenters. The van der Waals surface area contributed by atoms with Gasteiger partial charge in [0.15, 0.2) is 0 Å². The van der Waals surface area contributed by atoms with Gasteiger partial charge in [0.1, 0.15) is 18.4 Å². The molecule has 4 N–H and O–H groups in total. The first-order chi connectivity index (χ1) is 13.6. The van der Waals surface area contributed by atoms with Crippen LogP contribution in [0.5, 0.6) is 5.75 Å². The van der Waals surface area contributed by atoms with E-state index < -0.39 is 18.1 Å². The average molecular weight is 386 g/mol. The predicted octanol–water partition coefficient (Wildman–Crippen LogP) is 2.73. The van der Waals surface area contributed by atoms with Gasteiger partial charge >= 0.3 is 12.1 Å². The molecule has 0 fully saturated rings. The molecule has 28 heavy (non-hydrogen) atoms. The number of carbonyl (C=O) groups excluding carboxylic acids is 1. The number of hydrogen-bond acceptors (Lipinski definition) is 5. The van der Waals surface area contributed by atoms with Crippen LogP contribution in [0.1, 0.15) is 24.0 Å². The summed E-state index contributed by atoms with van der Waals surface area (Å²) in [5.41, 5.74) is 7.03. The van der Waals surface area contributed by atoms with Crippen LogP contribution in [-0.4, -0.2) is 36.4 Å². The first-order valence-electron chi connectivity index (χ1n) is 9.20. The minimum atomic E-state index is -1.13. The molecule has 150 valence electrons. The van der Waals surface area contributed by atoms with Gasteiger partial charge < -0.3 is 25.6 Å². The number of nitrogens with one attached hydrogen (secondary N) is 1. The number of nitrogens with two attached hydrogens (primary N) is 1. The summed E-state index contributed by atoms with van der Waals surface area (Å²) < 4.78 is 10.7. The Kier molecular flexibility index (Phi) is 8.81. The number of unbranched alkanes of at least 4 members (excludes halogenated alkanes) is 1. The fourth-order valence-corrected chi connectivity index (χ4v) is 2.50. The van der Waals surface area contributed by atoms with Crippen LogP contribution in [0.25, 0.3) is 0 Å². The third-order valence-corrected chi connectivity index (χ3v) is 4.03. The third-order valence-electron chi connectivity index (χ3n) is 4.03. The molecular weight excluding hydrogens is 360 g/mol. The lowest BCUT2D eigenvalue weighted by atomic mass is 10.1. The zero-order chi connectivity index (χ0) is 20.2. The molecule has 2 aromatic rings. The van der Waals surface area contributed by atoms with E-state index in [4.69, 9.17) is 15.2 Å². The van der Waals surface area contributed by atoms with Crippen LogP contribution in [0.3, 0.4) is 0 Å². The second kappa shape index (κ2) is 11.6. The van der Waals surface area contributed by atoms with Crippen molar-refractivity contribution in [3.8, 4) is 5.75 Å². The van der Waals surface area contributed by atoms with E-state index in [1.807, 2.05) is 30.3 Å². The molecule has 0 heterocycles. The lowest BCUT2D eigenvalue weighted by molar-refractivity contribution is -0.139. The number of hydrogen-bond donors (Lipinski definition) is 3. The monoisotopic (exact) mass is 386 g/mol. The highest BCUT2D eigenvalue weighted by atomic mass is 16.5. The summed E-state index contributed by atoms with van der Waals surface area (Å²) in [5.74, 6) is -0.415. The first-order valence-corrected chi connectivity index (χ1v) is 9.20.